The SMILES string of the molecule is [C-]#[N+]c1c(NC(=O)OCCc2ccccc2OC)ncc2c1-c1ccccc1C(c1ccc(Cl)c(Cl)c1)C2. The summed E-state index contributed by atoms with van der Waals surface area (Å²) in [6, 6.07) is 21.2. The van der Waals surface area contributed by atoms with E-state index in [1.807, 2.05) is 54.6 Å². The number of hydrogen-bond donors (Lipinski definition) is 1. The van der Waals surface area contributed by atoms with Crippen molar-refractivity contribution in [3.8, 4) is 16.9 Å². The molecule has 0 fully saturated rings. The summed E-state index contributed by atoms with van der Waals surface area (Å²) in [5.41, 5.74) is 5.93. The van der Waals surface area contributed by atoms with E-state index < -0.39 is 6.09 Å². The Morgan fingerprint density at radius 3 is 2.68 bits per heavy atom. The Hall–Kier alpha value is -4.05. The van der Waals surface area contributed by atoms with Crippen molar-refractivity contribution in [3.63, 3.8) is 0 Å². The van der Waals surface area contributed by atoms with Crippen LogP contribution in [-0.4, -0.2) is 24.8 Å². The first-order valence-corrected chi connectivity index (χ1v) is 12.7. The van der Waals surface area contributed by atoms with Crippen molar-refractivity contribution in [3.05, 3.63) is 117 Å². The average Bonchev–Trinajstić information content (AvgIpc) is 2.94. The molecule has 8 heteroatoms. The van der Waals surface area contributed by atoms with E-state index in [2.05, 4.69) is 21.2 Å². The van der Waals surface area contributed by atoms with E-state index in [-0.39, 0.29) is 24.0 Å². The fourth-order valence-electron chi connectivity index (χ4n) is 4.88. The quantitative estimate of drug-likeness (QED) is 0.249. The summed E-state index contributed by atoms with van der Waals surface area (Å²) in [6.45, 7) is 8.07. The second kappa shape index (κ2) is 11.1. The average molecular weight is 544 g/mol. The third-order valence-electron chi connectivity index (χ3n) is 6.64. The summed E-state index contributed by atoms with van der Waals surface area (Å²) in [4.78, 5) is 20.8. The van der Waals surface area contributed by atoms with Gasteiger partial charge in [-0.25, -0.2) is 9.64 Å². The molecule has 0 aliphatic heterocycles. The van der Waals surface area contributed by atoms with Gasteiger partial charge >= 0.3 is 6.09 Å². The van der Waals surface area contributed by atoms with Crippen LogP contribution >= 0.6 is 23.2 Å². The van der Waals surface area contributed by atoms with Crippen LogP contribution in [0.5, 0.6) is 5.75 Å². The molecule has 1 heterocycles. The zero-order chi connectivity index (χ0) is 26.6. The molecule has 190 valence electrons. The van der Waals surface area contributed by atoms with Gasteiger partial charge in [0.1, 0.15) is 11.6 Å². The number of amides is 1. The van der Waals surface area contributed by atoms with E-state index in [4.69, 9.17) is 39.2 Å². The molecule has 1 aliphatic rings. The number of methoxy groups -OCH3 is 1. The van der Waals surface area contributed by atoms with Crippen LogP contribution in [0, 0.1) is 6.57 Å². The van der Waals surface area contributed by atoms with Crippen LogP contribution in [0.4, 0.5) is 16.3 Å². The van der Waals surface area contributed by atoms with Gasteiger partial charge in [0.15, 0.2) is 0 Å². The predicted octanol–water partition coefficient (Wildman–Crippen LogP) is 8.09. The normalized spacial score (nSPS) is 13.6. The Morgan fingerprint density at radius 2 is 1.89 bits per heavy atom. The molecule has 1 unspecified atom stereocenters. The second-order valence-corrected chi connectivity index (χ2v) is 9.62. The fourth-order valence-corrected chi connectivity index (χ4v) is 5.18. The molecule has 3 aromatic carbocycles. The Labute approximate surface area is 231 Å². The zero-order valence-corrected chi connectivity index (χ0v) is 22.0. The lowest BCUT2D eigenvalue weighted by atomic mass is 9.76. The van der Waals surface area contributed by atoms with Crippen LogP contribution in [0.2, 0.25) is 10.0 Å². The molecule has 1 atom stereocenters. The third-order valence-corrected chi connectivity index (χ3v) is 7.38. The van der Waals surface area contributed by atoms with Crippen LogP contribution in [0.25, 0.3) is 16.0 Å². The van der Waals surface area contributed by atoms with Gasteiger partial charge in [-0.2, -0.15) is 0 Å². The fraction of sp³-hybridized carbons (Fsp3) is 0.167. The summed E-state index contributed by atoms with van der Waals surface area (Å²) in [5, 5.41) is 3.66. The van der Waals surface area contributed by atoms with E-state index >= 15 is 0 Å². The molecular formula is C30H23Cl2N3O3. The number of anilines is 1. The number of carbonyl (C=O) groups excluding carboxylic acids is 1. The number of aromatic nitrogens is 1. The molecule has 0 spiro atoms. The molecule has 1 aliphatic carbocycles. The summed E-state index contributed by atoms with van der Waals surface area (Å²) in [5.74, 6) is 0.928. The van der Waals surface area contributed by atoms with Gasteiger partial charge in [-0.3, -0.25) is 10.3 Å². The minimum Gasteiger partial charge on any atom is -0.496 e. The molecule has 4 aromatic rings. The predicted molar refractivity (Wildman–Crippen MR) is 150 cm³/mol. The molecule has 1 amide bonds. The molecule has 6 nitrogen and oxygen atoms in total. The summed E-state index contributed by atoms with van der Waals surface area (Å²) in [6.07, 6.45) is 2.17. The Bertz CT molecular complexity index is 1570. The number of hydrogen-bond acceptors (Lipinski definition) is 4. The van der Waals surface area contributed by atoms with E-state index in [0.717, 1.165) is 39.1 Å². The zero-order valence-electron chi connectivity index (χ0n) is 20.5. The van der Waals surface area contributed by atoms with Crippen LogP contribution in [0.15, 0.2) is 72.9 Å². The highest BCUT2D eigenvalue weighted by Crippen LogP contribution is 2.48. The summed E-state index contributed by atoms with van der Waals surface area (Å²) in [7, 11) is 1.60. The molecule has 0 radical (unpaired) electrons. The van der Waals surface area contributed by atoms with Gasteiger partial charge in [0.25, 0.3) is 0 Å². The van der Waals surface area contributed by atoms with Crippen molar-refractivity contribution in [2.45, 2.75) is 18.8 Å². The van der Waals surface area contributed by atoms with E-state index in [0.29, 0.717) is 22.9 Å². The molecule has 0 saturated heterocycles. The summed E-state index contributed by atoms with van der Waals surface area (Å²) < 4.78 is 10.7. The number of pyridine rings is 1. The Kier molecular flexibility index (Phi) is 7.50. The maximum Gasteiger partial charge on any atom is 0.411 e. The molecule has 1 aromatic heterocycles. The first kappa shape index (κ1) is 25.6. The molecular weight excluding hydrogens is 521 g/mol. The smallest absolute Gasteiger partial charge is 0.411 e. The molecule has 0 bridgehead atoms. The number of nitrogens with one attached hydrogen (secondary N) is 1. The van der Waals surface area contributed by atoms with Crippen molar-refractivity contribution < 1.29 is 14.3 Å². The highest BCUT2D eigenvalue weighted by atomic mass is 35.5. The standard InChI is InChI=1S/C30H23Cl2N3O3/c1-33-28-27-20(15-23(21-8-4-5-9-22(21)27)19-11-12-24(31)25(32)16-19)17-34-29(28)35-30(36)38-14-13-18-7-3-6-10-26(18)37-2/h3-12,16-17,23H,13-15H2,2H3,(H,34,35,36). The van der Waals surface area contributed by atoms with Gasteiger partial charge in [0, 0.05) is 18.5 Å². The van der Waals surface area contributed by atoms with Crippen LogP contribution in [0.1, 0.15) is 28.2 Å². The number of ether oxygens (including phenoxy) is 2. The van der Waals surface area contributed by atoms with Crippen molar-refractivity contribution in [2.75, 3.05) is 19.0 Å². The van der Waals surface area contributed by atoms with Crippen molar-refractivity contribution in [1.29, 1.82) is 0 Å². The number of para-hydroxylation sites is 1. The highest BCUT2D eigenvalue weighted by molar-refractivity contribution is 6.42. The number of fused-ring (bicyclic) bond motifs is 3. The molecule has 1 N–H and O–H groups in total. The largest absolute Gasteiger partial charge is 0.496 e. The van der Waals surface area contributed by atoms with Gasteiger partial charge in [0.05, 0.1) is 30.3 Å². The number of nitrogens with zero attached hydrogens (tertiary/aromatic N) is 2. The Morgan fingerprint density at radius 1 is 1.11 bits per heavy atom. The molecule has 38 heavy (non-hydrogen) atoms. The van der Waals surface area contributed by atoms with Crippen LogP contribution in [0.3, 0.4) is 0 Å². The number of halogens is 2. The topological polar surface area (TPSA) is 64.8 Å². The van der Waals surface area contributed by atoms with Crippen molar-refractivity contribution in [2.24, 2.45) is 0 Å². The minimum atomic E-state index is -0.671. The highest BCUT2D eigenvalue weighted by Gasteiger charge is 2.30. The van der Waals surface area contributed by atoms with Gasteiger partial charge in [-0.15, -0.1) is 0 Å². The van der Waals surface area contributed by atoms with Crippen molar-refractivity contribution >= 4 is 40.8 Å². The van der Waals surface area contributed by atoms with Gasteiger partial charge in [0.2, 0.25) is 5.69 Å². The monoisotopic (exact) mass is 543 g/mol. The maximum atomic E-state index is 12.6. The molecule has 0 saturated carbocycles. The van der Waals surface area contributed by atoms with E-state index in [1.165, 1.54) is 0 Å². The maximum absolute atomic E-state index is 12.6. The third kappa shape index (κ3) is 5.04. The van der Waals surface area contributed by atoms with Gasteiger partial charge in [-0.05, 0) is 58.0 Å². The van der Waals surface area contributed by atoms with Gasteiger partial charge in [-0.1, -0.05) is 71.7 Å². The minimum absolute atomic E-state index is 0.0209. The van der Waals surface area contributed by atoms with Crippen LogP contribution < -0.4 is 10.1 Å². The first-order valence-electron chi connectivity index (χ1n) is 12.0. The number of benzene rings is 3. The van der Waals surface area contributed by atoms with Gasteiger partial charge < -0.3 is 9.47 Å². The second-order valence-electron chi connectivity index (χ2n) is 8.81. The molecule has 5 rings (SSSR count). The van der Waals surface area contributed by atoms with E-state index in [9.17, 15) is 4.79 Å². The number of carbonyl (C=O) groups is 1. The van der Waals surface area contributed by atoms with Crippen molar-refractivity contribution in [1.82, 2.24) is 4.98 Å². The van der Waals surface area contributed by atoms with Crippen LogP contribution in [-0.2, 0) is 17.6 Å². The van der Waals surface area contributed by atoms with E-state index in [1.54, 1.807) is 19.4 Å². The lowest BCUT2D eigenvalue weighted by Crippen LogP contribution is -2.18. The first-order chi connectivity index (χ1) is 18.5. The lowest BCUT2D eigenvalue weighted by molar-refractivity contribution is 0.162. The summed E-state index contributed by atoms with van der Waals surface area (Å²) >= 11 is 12.5. The lowest BCUT2D eigenvalue weighted by Gasteiger charge is -2.29. The number of rotatable bonds is 6. The Balaban J connectivity index is 1.39.